The Labute approximate surface area is 118 Å². The molecule has 6 nitrogen and oxygen atoms in total. The molecule has 0 aliphatic heterocycles. The van der Waals surface area contributed by atoms with Gasteiger partial charge in [-0.1, -0.05) is 11.3 Å². The Balaban J connectivity index is 1.73. The number of aromatic nitrogens is 2. The molecule has 3 aromatic rings. The molecule has 3 rings (SSSR count). The summed E-state index contributed by atoms with van der Waals surface area (Å²) in [5.74, 6) is 0.880. The number of hydrogen-bond acceptors (Lipinski definition) is 5. The molecule has 20 heavy (non-hydrogen) atoms. The van der Waals surface area contributed by atoms with Crippen LogP contribution in [0.4, 0.5) is 10.7 Å². The highest BCUT2D eigenvalue weighted by atomic mass is 32.1. The number of benzene rings is 1. The Hall–Kier alpha value is -2.41. The van der Waals surface area contributed by atoms with Crippen molar-refractivity contribution >= 4 is 33.1 Å². The van der Waals surface area contributed by atoms with E-state index in [-0.39, 0.29) is 9.92 Å². The zero-order chi connectivity index (χ0) is 14.1. The lowest BCUT2D eigenvalue weighted by molar-refractivity contribution is -0.380. The van der Waals surface area contributed by atoms with Crippen LogP contribution in [0.25, 0.3) is 11.0 Å². The van der Waals surface area contributed by atoms with E-state index in [9.17, 15) is 10.1 Å². The van der Waals surface area contributed by atoms with E-state index < -0.39 is 0 Å². The van der Waals surface area contributed by atoms with E-state index in [1.54, 1.807) is 11.4 Å². The number of anilines is 1. The van der Waals surface area contributed by atoms with Gasteiger partial charge in [0.25, 0.3) is 0 Å². The number of H-pyrrole nitrogens is 1. The van der Waals surface area contributed by atoms with E-state index in [1.165, 1.54) is 0 Å². The van der Waals surface area contributed by atoms with E-state index in [1.807, 2.05) is 25.1 Å². The molecule has 0 fully saturated rings. The van der Waals surface area contributed by atoms with E-state index in [0.717, 1.165) is 39.4 Å². The Morgan fingerprint density at radius 2 is 2.30 bits per heavy atom. The van der Waals surface area contributed by atoms with Crippen molar-refractivity contribution in [3.05, 3.63) is 51.1 Å². The monoisotopic (exact) mass is 288 g/mol. The van der Waals surface area contributed by atoms with Crippen LogP contribution in [0, 0.1) is 17.0 Å². The molecule has 0 aliphatic carbocycles. The Bertz CT molecular complexity index is 778. The molecule has 0 amide bonds. The van der Waals surface area contributed by atoms with E-state index in [0.29, 0.717) is 6.54 Å². The van der Waals surface area contributed by atoms with Gasteiger partial charge in [0.1, 0.15) is 5.82 Å². The number of hydrogen-bond donors (Lipinski definition) is 2. The Morgan fingerprint density at radius 3 is 3.05 bits per heavy atom. The number of imidazole rings is 1. The Morgan fingerprint density at radius 1 is 1.45 bits per heavy atom. The standard InChI is InChI=1S/C13H12N4O2S/c1-8-15-11-3-2-10(5-12(11)16-8)14-6-9-4-13(17(18)19)20-7-9/h2-5,7,14H,6H2,1H3,(H,15,16). The minimum atomic E-state index is -0.367. The third kappa shape index (κ3) is 2.48. The fraction of sp³-hybridized carbons (Fsp3) is 0.154. The van der Waals surface area contributed by atoms with Crippen molar-refractivity contribution in [3.8, 4) is 0 Å². The summed E-state index contributed by atoms with van der Waals surface area (Å²) in [5.41, 5.74) is 3.76. The van der Waals surface area contributed by atoms with Crippen LogP contribution in [0.5, 0.6) is 0 Å². The van der Waals surface area contributed by atoms with Crippen LogP contribution in [0.1, 0.15) is 11.4 Å². The maximum Gasteiger partial charge on any atom is 0.324 e. The Kier molecular flexibility index (Phi) is 3.11. The lowest BCUT2D eigenvalue weighted by Crippen LogP contribution is -1.97. The van der Waals surface area contributed by atoms with Gasteiger partial charge < -0.3 is 10.3 Å². The largest absolute Gasteiger partial charge is 0.381 e. The van der Waals surface area contributed by atoms with Gasteiger partial charge in [0.05, 0.1) is 16.0 Å². The van der Waals surface area contributed by atoms with Gasteiger partial charge in [0.15, 0.2) is 0 Å². The minimum absolute atomic E-state index is 0.168. The predicted molar refractivity (Wildman–Crippen MR) is 79.1 cm³/mol. The molecule has 2 aromatic heterocycles. The molecule has 2 heterocycles. The van der Waals surface area contributed by atoms with Gasteiger partial charge in [0.2, 0.25) is 0 Å². The van der Waals surface area contributed by atoms with Crippen molar-refractivity contribution < 1.29 is 4.92 Å². The first-order valence-corrected chi connectivity index (χ1v) is 6.92. The van der Waals surface area contributed by atoms with Crippen molar-refractivity contribution in [1.82, 2.24) is 9.97 Å². The van der Waals surface area contributed by atoms with E-state index >= 15 is 0 Å². The van der Waals surface area contributed by atoms with Crippen LogP contribution < -0.4 is 5.32 Å². The second-order valence-corrected chi connectivity index (χ2v) is 5.35. The SMILES string of the molecule is Cc1nc2ccc(NCc3csc([N+](=O)[O-])c3)cc2[nH]1. The summed E-state index contributed by atoms with van der Waals surface area (Å²) >= 11 is 1.14. The minimum Gasteiger partial charge on any atom is -0.381 e. The molecule has 0 spiro atoms. The average Bonchev–Trinajstić information content (AvgIpc) is 3.00. The van der Waals surface area contributed by atoms with Gasteiger partial charge in [-0.15, -0.1) is 0 Å². The van der Waals surface area contributed by atoms with Crippen LogP contribution in [0.3, 0.4) is 0 Å². The van der Waals surface area contributed by atoms with Crippen molar-refractivity contribution in [2.75, 3.05) is 5.32 Å². The summed E-state index contributed by atoms with van der Waals surface area (Å²) in [6, 6.07) is 7.47. The molecule has 0 radical (unpaired) electrons. The average molecular weight is 288 g/mol. The molecule has 0 aliphatic rings. The van der Waals surface area contributed by atoms with Crippen molar-refractivity contribution in [2.24, 2.45) is 0 Å². The molecule has 1 aromatic carbocycles. The van der Waals surface area contributed by atoms with Gasteiger partial charge in [-0.2, -0.15) is 0 Å². The van der Waals surface area contributed by atoms with E-state index in [4.69, 9.17) is 0 Å². The molecule has 2 N–H and O–H groups in total. The lowest BCUT2D eigenvalue weighted by atomic mass is 10.2. The molecular weight excluding hydrogens is 276 g/mol. The molecule has 0 unspecified atom stereocenters. The number of nitro groups is 1. The molecule has 102 valence electrons. The molecule has 0 saturated heterocycles. The van der Waals surface area contributed by atoms with Crippen LogP contribution in [-0.4, -0.2) is 14.9 Å². The highest BCUT2D eigenvalue weighted by Gasteiger charge is 2.09. The summed E-state index contributed by atoms with van der Waals surface area (Å²) in [7, 11) is 0. The van der Waals surface area contributed by atoms with Gasteiger partial charge in [-0.05, 0) is 30.7 Å². The number of nitrogens with zero attached hydrogens (tertiary/aromatic N) is 2. The highest BCUT2D eigenvalue weighted by Crippen LogP contribution is 2.24. The number of aryl methyl sites for hydroxylation is 1. The topological polar surface area (TPSA) is 83.8 Å². The van der Waals surface area contributed by atoms with Crippen LogP contribution >= 0.6 is 11.3 Å². The van der Waals surface area contributed by atoms with Gasteiger partial charge in [-0.25, -0.2) is 4.98 Å². The molecular formula is C13H12N4O2S. The van der Waals surface area contributed by atoms with Gasteiger partial charge in [-0.3, -0.25) is 10.1 Å². The highest BCUT2D eigenvalue weighted by molar-refractivity contribution is 7.13. The first kappa shape index (κ1) is 12.6. The molecule has 0 bridgehead atoms. The van der Waals surface area contributed by atoms with Crippen molar-refractivity contribution in [3.63, 3.8) is 0 Å². The summed E-state index contributed by atoms with van der Waals surface area (Å²) in [4.78, 5) is 17.8. The fourth-order valence-corrected chi connectivity index (χ4v) is 2.73. The maximum atomic E-state index is 10.6. The molecule has 7 heteroatoms. The number of thiophene rings is 1. The number of fused-ring (bicyclic) bond motifs is 1. The second kappa shape index (κ2) is 4.93. The zero-order valence-corrected chi connectivity index (χ0v) is 11.5. The zero-order valence-electron chi connectivity index (χ0n) is 10.7. The second-order valence-electron chi connectivity index (χ2n) is 4.46. The third-order valence-electron chi connectivity index (χ3n) is 2.92. The van der Waals surface area contributed by atoms with Crippen LogP contribution in [0.2, 0.25) is 0 Å². The number of rotatable bonds is 4. The van der Waals surface area contributed by atoms with Crippen LogP contribution in [-0.2, 0) is 6.54 Å². The first-order valence-electron chi connectivity index (χ1n) is 6.04. The normalized spacial score (nSPS) is 10.8. The lowest BCUT2D eigenvalue weighted by Gasteiger charge is -2.04. The fourth-order valence-electron chi connectivity index (χ4n) is 2.00. The third-order valence-corrected chi connectivity index (χ3v) is 3.85. The predicted octanol–water partition coefficient (Wildman–Crippen LogP) is 3.45. The summed E-state index contributed by atoms with van der Waals surface area (Å²) < 4.78 is 0. The van der Waals surface area contributed by atoms with Crippen molar-refractivity contribution in [2.45, 2.75) is 13.5 Å². The maximum absolute atomic E-state index is 10.6. The smallest absolute Gasteiger partial charge is 0.324 e. The first-order chi connectivity index (χ1) is 9.61. The summed E-state index contributed by atoms with van der Waals surface area (Å²) in [5, 5.41) is 15.8. The quantitative estimate of drug-likeness (QED) is 0.569. The van der Waals surface area contributed by atoms with Gasteiger partial charge in [0, 0.05) is 23.7 Å². The van der Waals surface area contributed by atoms with E-state index in [2.05, 4.69) is 15.3 Å². The molecule has 0 saturated carbocycles. The van der Waals surface area contributed by atoms with Crippen molar-refractivity contribution in [1.29, 1.82) is 0 Å². The van der Waals surface area contributed by atoms with Crippen LogP contribution in [0.15, 0.2) is 29.6 Å². The number of nitrogens with one attached hydrogen (secondary N) is 2. The summed E-state index contributed by atoms with van der Waals surface area (Å²) in [6.07, 6.45) is 0. The van der Waals surface area contributed by atoms with Gasteiger partial charge >= 0.3 is 5.00 Å². The summed E-state index contributed by atoms with van der Waals surface area (Å²) in [6.45, 7) is 2.47. The molecule has 0 atom stereocenters. The number of aromatic amines is 1.